The van der Waals surface area contributed by atoms with Gasteiger partial charge in [-0.3, -0.25) is 0 Å². The van der Waals surface area contributed by atoms with Crippen LogP contribution in [0.1, 0.15) is 32.1 Å². The molecule has 0 radical (unpaired) electrons. The molecule has 0 amide bonds. The molecule has 0 atom stereocenters. The molecule has 0 unspecified atom stereocenters. The van der Waals surface area contributed by atoms with E-state index in [9.17, 15) is 0 Å². The van der Waals surface area contributed by atoms with E-state index in [0.717, 1.165) is 15.3 Å². The molecule has 4 heteroatoms. The summed E-state index contributed by atoms with van der Waals surface area (Å²) in [7, 11) is 0. The van der Waals surface area contributed by atoms with Gasteiger partial charge in [0.15, 0.2) is 0 Å². The number of thiazole rings is 1. The van der Waals surface area contributed by atoms with Crippen molar-refractivity contribution in [3.05, 3.63) is 24.3 Å². The minimum atomic E-state index is 0.428. The zero-order chi connectivity index (χ0) is 12.2. The summed E-state index contributed by atoms with van der Waals surface area (Å²) in [6.07, 6.45) is 6.29. The van der Waals surface area contributed by atoms with Gasteiger partial charge >= 0.3 is 0 Å². The number of fused-ring (bicyclic) bond motifs is 1. The number of rotatable bonds is 2. The van der Waals surface area contributed by atoms with E-state index in [0.29, 0.717) is 6.04 Å². The highest BCUT2D eigenvalue weighted by molar-refractivity contribution is 7.21. The first kappa shape index (κ1) is 11.6. The standard InChI is InChI=1S/C14H15N3S/c1-2-6-11(7-3-1)15-10-16-14-17-12-8-4-5-9-13(12)18-14/h4-5,8-9,11H,1-3,6-7H2. The molecule has 1 aromatic carbocycles. The molecule has 1 aliphatic carbocycles. The molecule has 1 saturated carbocycles. The molecular formula is C14H15N3S. The first-order chi connectivity index (χ1) is 8.92. The van der Waals surface area contributed by atoms with Crippen LogP contribution in [0.5, 0.6) is 0 Å². The number of hydrogen-bond donors (Lipinski definition) is 0. The fourth-order valence-electron chi connectivity index (χ4n) is 2.27. The van der Waals surface area contributed by atoms with Gasteiger partial charge in [-0.15, -0.1) is 0 Å². The van der Waals surface area contributed by atoms with Gasteiger partial charge in [0.25, 0.3) is 0 Å². The maximum Gasteiger partial charge on any atom is 0.220 e. The summed E-state index contributed by atoms with van der Waals surface area (Å²) >= 11 is 1.58. The topological polar surface area (TPSA) is 37.6 Å². The maximum absolute atomic E-state index is 4.42. The Balaban J connectivity index is 1.76. The molecule has 0 aliphatic heterocycles. The van der Waals surface area contributed by atoms with Crippen LogP contribution in [0, 0.1) is 0 Å². The average molecular weight is 257 g/mol. The lowest BCUT2D eigenvalue weighted by atomic mass is 9.96. The van der Waals surface area contributed by atoms with Crippen LogP contribution in [0.2, 0.25) is 0 Å². The highest BCUT2D eigenvalue weighted by atomic mass is 32.1. The van der Waals surface area contributed by atoms with E-state index in [1.807, 2.05) is 18.2 Å². The van der Waals surface area contributed by atoms with E-state index < -0.39 is 0 Å². The average Bonchev–Trinajstić information content (AvgIpc) is 2.82. The van der Waals surface area contributed by atoms with Crippen LogP contribution in [0.3, 0.4) is 0 Å². The van der Waals surface area contributed by atoms with Crippen molar-refractivity contribution in [2.24, 2.45) is 9.98 Å². The van der Waals surface area contributed by atoms with Crippen molar-refractivity contribution in [3.63, 3.8) is 0 Å². The number of hydrogen-bond acceptors (Lipinski definition) is 4. The highest BCUT2D eigenvalue weighted by Gasteiger charge is 2.10. The van der Waals surface area contributed by atoms with Crippen LogP contribution in [0.25, 0.3) is 10.2 Å². The summed E-state index contributed by atoms with van der Waals surface area (Å²) in [5.41, 5.74) is 1.00. The summed E-state index contributed by atoms with van der Waals surface area (Å²) in [4.78, 5) is 13.1. The minimum Gasteiger partial charge on any atom is -0.222 e. The summed E-state index contributed by atoms with van der Waals surface area (Å²) < 4.78 is 1.16. The van der Waals surface area contributed by atoms with Crippen molar-refractivity contribution in [1.82, 2.24) is 4.98 Å². The van der Waals surface area contributed by atoms with Crippen molar-refractivity contribution in [1.29, 1.82) is 0 Å². The lowest BCUT2D eigenvalue weighted by Gasteiger charge is -2.15. The molecule has 0 bridgehead atoms. The summed E-state index contributed by atoms with van der Waals surface area (Å²) in [5, 5.41) is 0.746. The van der Waals surface area contributed by atoms with Gasteiger partial charge < -0.3 is 0 Å². The molecule has 3 rings (SSSR count). The van der Waals surface area contributed by atoms with Gasteiger partial charge in [0, 0.05) is 0 Å². The van der Waals surface area contributed by atoms with E-state index >= 15 is 0 Å². The zero-order valence-corrected chi connectivity index (χ0v) is 11.0. The fourth-order valence-corrected chi connectivity index (χ4v) is 3.06. The normalized spacial score (nSPS) is 16.4. The van der Waals surface area contributed by atoms with Crippen LogP contribution in [-0.2, 0) is 0 Å². The molecular weight excluding hydrogens is 242 g/mol. The molecule has 1 heterocycles. The first-order valence-electron chi connectivity index (χ1n) is 6.43. The predicted octanol–water partition coefficient (Wildman–Crippen LogP) is 4.43. The Hall–Kier alpha value is -1.51. The van der Waals surface area contributed by atoms with Gasteiger partial charge in [0.05, 0.1) is 22.3 Å². The number of aliphatic imine (C=N–C) groups is 2. The molecule has 18 heavy (non-hydrogen) atoms. The van der Waals surface area contributed by atoms with E-state index in [-0.39, 0.29) is 0 Å². The van der Waals surface area contributed by atoms with E-state index in [4.69, 9.17) is 0 Å². The van der Waals surface area contributed by atoms with Gasteiger partial charge in [-0.2, -0.15) is 4.99 Å². The summed E-state index contributed by atoms with van der Waals surface area (Å²) in [6, 6.07) is 11.3. The van der Waals surface area contributed by atoms with Gasteiger partial charge in [-0.05, 0) is 25.0 Å². The molecule has 0 N–H and O–H groups in total. The van der Waals surface area contributed by atoms with E-state index in [2.05, 4.69) is 27.0 Å². The smallest absolute Gasteiger partial charge is 0.220 e. The van der Waals surface area contributed by atoms with Gasteiger partial charge in [0.2, 0.25) is 5.13 Å². The third kappa shape index (κ3) is 2.66. The van der Waals surface area contributed by atoms with Gasteiger partial charge in [-0.25, -0.2) is 9.98 Å². The van der Waals surface area contributed by atoms with Crippen molar-refractivity contribution in [2.75, 3.05) is 0 Å². The van der Waals surface area contributed by atoms with Crippen LogP contribution in [0.4, 0.5) is 5.13 Å². The Bertz CT molecular complexity index is 557. The third-order valence-corrected chi connectivity index (χ3v) is 4.17. The van der Waals surface area contributed by atoms with Gasteiger partial charge in [-0.1, -0.05) is 42.7 Å². The van der Waals surface area contributed by atoms with E-state index in [1.54, 1.807) is 11.3 Å². The molecule has 0 saturated heterocycles. The quantitative estimate of drug-likeness (QED) is 0.733. The predicted molar refractivity (Wildman–Crippen MR) is 76.0 cm³/mol. The number of aromatic nitrogens is 1. The van der Waals surface area contributed by atoms with Crippen molar-refractivity contribution in [3.8, 4) is 0 Å². The Labute approximate surface area is 110 Å². The van der Waals surface area contributed by atoms with Gasteiger partial charge in [0.1, 0.15) is 0 Å². The monoisotopic (exact) mass is 257 g/mol. The number of para-hydroxylation sites is 1. The van der Waals surface area contributed by atoms with Crippen LogP contribution < -0.4 is 0 Å². The Morgan fingerprint density at radius 2 is 2.00 bits per heavy atom. The van der Waals surface area contributed by atoms with Crippen LogP contribution in [-0.4, -0.2) is 17.0 Å². The number of benzene rings is 1. The maximum atomic E-state index is 4.42. The lowest BCUT2D eigenvalue weighted by Crippen LogP contribution is -2.08. The zero-order valence-electron chi connectivity index (χ0n) is 10.2. The third-order valence-electron chi connectivity index (χ3n) is 3.24. The summed E-state index contributed by atoms with van der Waals surface area (Å²) in [5.74, 6) is 0. The molecule has 1 fully saturated rings. The van der Waals surface area contributed by atoms with Crippen molar-refractivity contribution in [2.45, 2.75) is 38.1 Å². The first-order valence-corrected chi connectivity index (χ1v) is 7.24. The number of nitrogens with zero attached hydrogens (tertiary/aromatic N) is 3. The second kappa shape index (κ2) is 5.42. The van der Waals surface area contributed by atoms with E-state index in [1.165, 1.54) is 32.1 Å². The lowest BCUT2D eigenvalue weighted by molar-refractivity contribution is 0.444. The molecule has 0 spiro atoms. The van der Waals surface area contributed by atoms with Crippen molar-refractivity contribution >= 4 is 32.7 Å². The highest BCUT2D eigenvalue weighted by Crippen LogP contribution is 2.27. The Morgan fingerprint density at radius 3 is 2.83 bits per heavy atom. The Kier molecular flexibility index (Phi) is 3.49. The second-order valence-electron chi connectivity index (χ2n) is 4.60. The second-order valence-corrected chi connectivity index (χ2v) is 5.61. The van der Waals surface area contributed by atoms with Crippen molar-refractivity contribution < 1.29 is 0 Å². The molecule has 1 aromatic heterocycles. The minimum absolute atomic E-state index is 0.428. The summed E-state index contributed by atoms with van der Waals surface area (Å²) in [6.45, 7) is 0. The van der Waals surface area contributed by atoms with Crippen LogP contribution in [0.15, 0.2) is 34.3 Å². The SMILES string of the molecule is C(=Nc1nc2ccccc2s1)=NC1CCCCC1. The largest absolute Gasteiger partial charge is 0.222 e. The Morgan fingerprint density at radius 1 is 1.17 bits per heavy atom. The van der Waals surface area contributed by atoms with Crippen LogP contribution >= 0.6 is 11.3 Å². The molecule has 92 valence electrons. The fraction of sp³-hybridized carbons (Fsp3) is 0.429. The molecule has 2 aromatic rings. The molecule has 1 aliphatic rings. The molecule has 3 nitrogen and oxygen atoms in total.